The number of carbonyl (C=O) groups is 1. The Morgan fingerprint density at radius 3 is 2.77 bits per heavy atom. The maximum Gasteiger partial charge on any atom is 0.139 e. The van der Waals surface area contributed by atoms with Crippen molar-refractivity contribution in [3.63, 3.8) is 0 Å². The van der Waals surface area contributed by atoms with Crippen molar-refractivity contribution in [1.82, 2.24) is 0 Å². The molecule has 2 rings (SSSR count). The van der Waals surface area contributed by atoms with Crippen LogP contribution in [-0.4, -0.2) is 16.5 Å². The summed E-state index contributed by atoms with van der Waals surface area (Å²) >= 11 is 0. The Kier molecular flexibility index (Phi) is 2.18. The first kappa shape index (κ1) is 9.20. The fourth-order valence-electron chi connectivity index (χ4n) is 3.17. The second kappa shape index (κ2) is 3.09. The van der Waals surface area contributed by atoms with E-state index < -0.39 is 5.60 Å². The Labute approximate surface area is 79.3 Å². The summed E-state index contributed by atoms with van der Waals surface area (Å²) in [4.78, 5) is 11.7. The van der Waals surface area contributed by atoms with Crippen molar-refractivity contribution in [2.45, 2.75) is 51.0 Å². The normalized spacial score (nSPS) is 45.8. The summed E-state index contributed by atoms with van der Waals surface area (Å²) in [5.41, 5.74) is -0.708. The van der Waals surface area contributed by atoms with Crippen molar-refractivity contribution in [3.05, 3.63) is 0 Å². The van der Waals surface area contributed by atoms with Gasteiger partial charge < -0.3 is 5.11 Å². The molecular weight excluding hydrogens is 164 g/mol. The van der Waals surface area contributed by atoms with Crippen molar-refractivity contribution < 1.29 is 9.90 Å². The second-order valence-corrected chi connectivity index (χ2v) is 4.85. The number of aliphatic hydroxyl groups is 1. The molecule has 0 aliphatic heterocycles. The van der Waals surface area contributed by atoms with Crippen LogP contribution in [0.2, 0.25) is 0 Å². The summed E-state index contributed by atoms with van der Waals surface area (Å²) < 4.78 is 0. The monoisotopic (exact) mass is 182 g/mol. The Morgan fingerprint density at radius 2 is 2.08 bits per heavy atom. The lowest BCUT2D eigenvalue weighted by Crippen LogP contribution is -2.48. The van der Waals surface area contributed by atoms with E-state index in [1.54, 1.807) is 0 Å². The van der Waals surface area contributed by atoms with Gasteiger partial charge in [-0.05, 0) is 38.5 Å². The third-order valence-corrected chi connectivity index (χ3v) is 3.74. The van der Waals surface area contributed by atoms with Crippen LogP contribution in [0.1, 0.15) is 45.4 Å². The van der Waals surface area contributed by atoms with E-state index in [0.29, 0.717) is 18.1 Å². The van der Waals surface area contributed by atoms with Gasteiger partial charge in [-0.3, -0.25) is 4.79 Å². The molecule has 0 heterocycles. The highest BCUT2D eigenvalue weighted by molar-refractivity contribution is 5.83. The number of Topliss-reactive ketones (excluding diaryl/α,β-unsaturated/α-hetero) is 1. The summed E-state index contributed by atoms with van der Waals surface area (Å²) in [7, 11) is 0. The smallest absolute Gasteiger partial charge is 0.139 e. The molecule has 0 aromatic rings. The molecule has 2 aliphatic carbocycles. The van der Waals surface area contributed by atoms with Crippen molar-refractivity contribution in [3.8, 4) is 0 Å². The molecule has 0 unspecified atom stereocenters. The fourth-order valence-corrected chi connectivity index (χ4v) is 3.17. The van der Waals surface area contributed by atoms with E-state index in [1.807, 2.05) is 6.92 Å². The highest BCUT2D eigenvalue weighted by Crippen LogP contribution is 2.43. The third-order valence-electron chi connectivity index (χ3n) is 3.74. The Bertz CT molecular complexity index is 218. The van der Waals surface area contributed by atoms with Crippen molar-refractivity contribution >= 4 is 5.78 Å². The Balaban J connectivity index is 2.21. The van der Waals surface area contributed by atoms with E-state index in [-0.39, 0.29) is 5.92 Å². The fraction of sp³-hybridized carbons (Fsp3) is 0.909. The van der Waals surface area contributed by atoms with Gasteiger partial charge in [0, 0.05) is 12.3 Å². The summed E-state index contributed by atoms with van der Waals surface area (Å²) in [6.45, 7) is 1.84. The minimum atomic E-state index is -0.708. The van der Waals surface area contributed by atoms with Crippen LogP contribution in [0.5, 0.6) is 0 Å². The van der Waals surface area contributed by atoms with Gasteiger partial charge in [-0.15, -0.1) is 0 Å². The highest BCUT2D eigenvalue weighted by atomic mass is 16.3. The molecule has 0 aromatic carbocycles. The van der Waals surface area contributed by atoms with E-state index in [2.05, 4.69) is 0 Å². The van der Waals surface area contributed by atoms with Gasteiger partial charge in [-0.25, -0.2) is 0 Å². The van der Waals surface area contributed by atoms with E-state index in [1.165, 1.54) is 0 Å². The number of hydrogen-bond donors (Lipinski definition) is 1. The molecule has 3 atom stereocenters. The van der Waals surface area contributed by atoms with Gasteiger partial charge in [0.05, 0.1) is 5.60 Å². The van der Waals surface area contributed by atoms with Crippen molar-refractivity contribution in [1.29, 1.82) is 0 Å². The number of carbonyl (C=O) groups excluding carboxylic acids is 1. The molecule has 0 radical (unpaired) electrons. The zero-order valence-corrected chi connectivity index (χ0v) is 8.25. The standard InChI is InChI=1S/C11H18O2/c1-11(13)7-3-5-8-4-2-6-9(12)10(8)11/h8,10,13H,2-7H2,1H3/t8-,10+,11-/m0/s1. The average molecular weight is 182 g/mol. The molecule has 13 heavy (non-hydrogen) atoms. The first-order chi connectivity index (χ1) is 6.11. The molecule has 2 nitrogen and oxygen atoms in total. The van der Waals surface area contributed by atoms with Crippen LogP contribution in [0, 0.1) is 11.8 Å². The minimum Gasteiger partial charge on any atom is -0.389 e. The number of hydrogen-bond acceptors (Lipinski definition) is 2. The molecule has 2 aliphatic rings. The quantitative estimate of drug-likeness (QED) is 0.621. The van der Waals surface area contributed by atoms with E-state index in [9.17, 15) is 9.90 Å². The zero-order valence-electron chi connectivity index (χ0n) is 8.25. The van der Waals surface area contributed by atoms with Gasteiger partial charge in [0.1, 0.15) is 5.78 Å². The average Bonchev–Trinajstić information content (AvgIpc) is 2.02. The topological polar surface area (TPSA) is 37.3 Å². The number of ketones is 1. The van der Waals surface area contributed by atoms with Crippen LogP contribution in [0.3, 0.4) is 0 Å². The Morgan fingerprint density at radius 1 is 1.38 bits per heavy atom. The molecular formula is C11H18O2. The molecule has 0 amide bonds. The molecule has 0 spiro atoms. The summed E-state index contributed by atoms with van der Waals surface area (Å²) in [5.74, 6) is 0.737. The minimum absolute atomic E-state index is 0.0463. The van der Waals surface area contributed by atoms with Gasteiger partial charge >= 0.3 is 0 Å². The Hall–Kier alpha value is -0.370. The lowest BCUT2D eigenvalue weighted by Gasteiger charge is -2.44. The van der Waals surface area contributed by atoms with E-state index in [4.69, 9.17) is 0 Å². The van der Waals surface area contributed by atoms with Crippen LogP contribution >= 0.6 is 0 Å². The van der Waals surface area contributed by atoms with Gasteiger partial charge in [-0.2, -0.15) is 0 Å². The van der Waals surface area contributed by atoms with Gasteiger partial charge in [0.2, 0.25) is 0 Å². The maximum atomic E-state index is 11.7. The van der Waals surface area contributed by atoms with Crippen molar-refractivity contribution in [2.24, 2.45) is 11.8 Å². The maximum absolute atomic E-state index is 11.7. The van der Waals surface area contributed by atoms with Crippen LogP contribution < -0.4 is 0 Å². The van der Waals surface area contributed by atoms with Gasteiger partial charge in [0.25, 0.3) is 0 Å². The molecule has 0 saturated heterocycles. The van der Waals surface area contributed by atoms with Crippen LogP contribution in [-0.2, 0) is 4.79 Å². The molecule has 2 heteroatoms. The predicted octanol–water partition coefficient (Wildman–Crippen LogP) is 1.91. The predicted molar refractivity (Wildman–Crippen MR) is 50.3 cm³/mol. The van der Waals surface area contributed by atoms with E-state index >= 15 is 0 Å². The zero-order chi connectivity index (χ0) is 9.47. The molecule has 1 N–H and O–H groups in total. The largest absolute Gasteiger partial charge is 0.389 e. The van der Waals surface area contributed by atoms with Crippen LogP contribution in [0.15, 0.2) is 0 Å². The highest BCUT2D eigenvalue weighted by Gasteiger charge is 2.46. The second-order valence-electron chi connectivity index (χ2n) is 4.85. The first-order valence-corrected chi connectivity index (χ1v) is 5.36. The van der Waals surface area contributed by atoms with Gasteiger partial charge in [0.15, 0.2) is 0 Å². The van der Waals surface area contributed by atoms with Gasteiger partial charge in [-0.1, -0.05) is 6.42 Å². The van der Waals surface area contributed by atoms with Crippen LogP contribution in [0.4, 0.5) is 0 Å². The summed E-state index contributed by atoms with van der Waals surface area (Å²) in [6.07, 6.45) is 5.91. The number of rotatable bonds is 0. The molecule has 74 valence electrons. The molecule has 0 aromatic heterocycles. The van der Waals surface area contributed by atoms with E-state index in [0.717, 1.165) is 32.1 Å². The van der Waals surface area contributed by atoms with Crippen molar-refractivity contribution in [2.75, 3.05) is 0 Å². The lowest BCUT2D eigenvalue weighted by molar-refractivity contribution is -0.143. The molecule has 0 bridgehead atoms. The lowest BCUT2D eigenvalue weighted by atomic mass is 9.63. The molecule has 2 fully saturated rings. The third kappa shape index (κ3) is 1.52. The van der Waals surface area contributed by atoms with Crippen LogP contribution in [0.25, 0.3) is 0 Å². The SMILES string of the molecule is C[C@]1(O)CCC[C@@H]2CCCC(=O)[C@@H]21. The first-order valence-electron chi connectivity index (χ1n) is 5.36. The summed E-state index contributed by atoms with van der Waals surface area (Å²) in [6, 6.07) is 0. The summed E-state index contributed by atoms with van der Waals surface area (Å²) in [5, 5.41) is 10.1. The number of fused-ring (bicyclic) bond motifs is 1. The molecule has 2 saturated carbocycles.